The number of aryl methyl sites for hydroxylation is 1. The van der Waals surface area contributed by atoms with Crippen molar-refractivity contribution in [3.63, 3.8) is 0 Å². The molecule has 0 radical (unpaired) electrons. The highest BCUT2D eigenvalue weighted by atomic mass is 32.1. The highest BCUT2D eigenvalue weighted by molar-refractivity contribution is 7.21. The van der Waals surface area contributed by atoms with Gasteiger partial charge in [0.1, 0.15) is 10.9 Å². The summed E-state index contributed by atoms with van der Waals surface area (Å²) in [4.78, 5) is 64.1. The molecule has 10 rings (SSSR count). The molecule has 14 heteroatoms. The summed E-state index contributed by atoms with van der Waals surface area (Å²) in [6, 6.07) is 22.5. The molecule has 58 heavy (non-hydrogen) atoms. The Morgan fingerprint density at radius 1 is 0.845 bits per heavy atom. The number of carbonyl (C=O) groups is 3. The van der Waals surface area contributed by atoms with E-state index in [2.05, 4.69) is 85.2 Å². The van der Waals surface area contributed by atoms with Crippen molar-refractivity contribution in [1.82, 2.24) is 29.7 Å². The Morgan fingerprint density at radius 3 is 2.41 bits per heavy atom. The number of para-hydroxylation sites is 1. The van der Waals surface area contributed by atoms with Gasteiger partial charge in [0.2, 0.25) is 11.8 Å². The Bertz CT molecular complexity index is 2670. The Labute approximate surface area is 339 Å². The predicted molar refractivity (Wildman–Crippen MR) is 230 cm³/mol. The van der Waals surface area contributed by atoms with Crippen molar-refractivity contribution in [2.75, 3.05) is 67.5 Å². The molecule has 0 aliphatic carbocycles. The Morgan fingerprint density at radius 2 is 1.64 bits per heavy atom. The highest BCUT2D eigenvalue weighted by Crippen LogP contribution is 2.41. The van der Waals surface area contributed by atoms with Crippen LogP contribution in [-0.2, 0) is 16.6 Å². The van der Waals surface area contributed by atoms with Crippen molar-refractivity contribution in [1.29, 1.82) is 0 Å². The molecule has 3 N–H and O–H groups in total. The average molecular weight is 798 g/mol. The van der Waals surface area contributed by atoms with Gasteiger partial charge in [0.15, 0.2) is 0 Å². The maximum absolute atomic E-state index is 13.5. The van der Waals surface area contributed by atoms with E-state index in [1.807, 2.05) is 19.1 Å². The van der Waals surface area contributed by atoms with E-state index in [-0.39, 0.29) is 30.0 Å². The Kier molecular flexibility index (Phi) is 9.20. The number of piperidine rings is 2. The fourth-order valence-electron chi connectivity index (χ4n) is 9.54. The summed E-state index contributed by atoms with van der Waals surface area (Å²) in [6.45, 7) is 9.64. The third kappa shape index (κ3) is 6.38. The van der Waals surface area contributed by atoms with Crippen molar-refractivity contribution in [2.24, 2.45) is 13.0 Å². The molecule has 1 unspecified atom stereocenters. The molecule has 0 spiro atoms. The zero-order valence-corrected chi connectivity index (χ0v) is 33.6. The monoisotopic (exact) mass is 797 g/mol. The zero-order valence-electron chi connectivity index (χ0n) is 32.8. The van der Waals surface area contributed by atoms with Crippen LogP contribution >= 0.6 is 11.3 Å². The largest absolute Gasteiger partial charge is 0.381 e. The first-order chi connectivity index (χ1) is 28.2. The standard InChI is InChI=1S/C44H47N9O4S/c1-26-24-45-39-38-30-10-11-31(47-32(30)12-14-36(38)58-41(39)43(56)46-26)28-6-8-29(9-7-28)51-22-20-50(21-23-51)25-27-16-18-52(19-17-27)33-4-3-5-34-40(33)49(2)44(57)53(34)35-13-15-37(54)48-42(35)55/h3-12,14,26-27,35,45H,13,15-25H2,1-2H3,(H,46,56)(H,48,54,55)/t26-,35?/m1/s1. The molecule has 7 heterocycles. The SMILES string of the molecule is C[C@@H]1CNc2c(sc3ccc4nc(-c5ccc(N6CCN(CC7CCN(c8cccc9c8n(C)c(=O)n9C8CCC(=O)NC8=O)CC7)CC6)cc5)ccc4c23)C(=O)N1. The number of nitrogens with one attached hydrogen (secondary N) is 3. The summed E-state index contributed by atoms with van der Waals surface area (Å²) >= 11 is 1.53. The van der Waals surface area contributed by atoms with Gasteiger partial charge in [0, 0.05) is 98.6 Å². The van der Waals surface area contributed by atoms with Gasteiger partial charge in [0.25, 0.3) is 5.91 Å². The lowest BCUT2D eigenvalue weighted by Gasteiger charge is -2.40. The number of imide groups is 1. The van der Waals surface area contributed by atoms with Gasteiger partial charge in [-0.3, -0.25) is 33.7 Å². The number of imidazole rings is 1. The number of pyridine rings is 1. The second kappa shape index (κ2) is 14.6. The maximum Gasteiger partial charge on any atom is 0.329 e. The summed E-state index contributed by atoms with van der Waals surface area (Å²) in [5.74, 6) is -0.109. The van der Waals surface area contributed by atoms with E-state index in [1.165, 1.54) is 17.0 Å². The number of hydrogen-bond acceptors (Lipinski definition) is 10. The summed E-state index contributed by atoms with van der Waals surface area (Å²) < 4.78 is 4.31. The van der Waals surface area contributed by atoms with Crippen molar-refractivity contribution >= 4 is 78.1 Å². The van der Waals surface area contributed by atoms with Crippen molar-refractivity contribution in [2.45, 2.75) is 44.7 Å². The molecule has 3 amide bonds. The summed E-state index contributed by atoms with van der Waals surface area (Å²) in [7, 11) is 1.77. The van der Waals surface area contributed by atoms with Crippen LogP contribution in [0.1, 0.15) is 48.3 Å². The Balaban J connectivity index is 0.758. The van der Waals surface area contributed by atoms with Gasteiger partial charge in [-0.1, -0.05) is 18.2 Å². The van der Waals surface area contributed by atoms with Gasteiger partial charge < -0.3 is 20.4 Å². The van der Waals surface area contributed by atoms with Gasteiger partial charge in [-0.15, -0.1) is 11.3 Å². The van der Waals surface area contributed by atoms with Crippen molar-refractivity contribution < 1.29 is 14.4 Å². The average Bonchev–Trinajstić information content (AvgIpc) is 3.70. The van der Waals surface area contributed by atoms with Gasteiger partial charge >= 0.3 is 5.69 Å². The number of piperazine rings is 1. The van der Waals surface area contributed by atoms with Crippen LogP contribution in [0.25, 0.3) is 43.3 Å². The van der Waals surface area contributed by atoms with Crippen molar-refractivity contribution in [3.8, 4) is 11.3 Å². The van der Waals surface area contributed by atoms with Crippen LogP contribution in [0, 0.1) is 5.92 Å². The molecule has 298 valence electrons. The predicted octanol–water partition coefficient (Wildman–Crippen LogP) is 5.33. The quantitative estimate of drug-likeness (QED) is 0.191. The molecule has 4 aliphatic rings. The lowest BCUT2D eigenvalue weighted by molar-refractivity contribution is -0.135. The van der Waals surface area contributed by atoms with Crippen LogP contribution in [-0.4, -0.2) is 95.1 Å². The second-order valence-corrected chi connectivity index (χ2v) is 17.4. The molecule has 0 saturated carbocycles. The molecule has 3 aromatic heterocycles. The molecular weight excluding hydrogens is 751 g/mol. The molecule has 2 atom stereocenters. The second-order valence-electron chi connectivity index (χ2n) is 16.4. The van der Waals surface area contributed by atoms with Crippen LogP contribution < -0.4 is 31.4 Å². The summed E-state index contributed by atoms with van der Waals surface area (Å²) in [5.41, 5.74) is 7.44. The van der Waals surface area contributed by atoms with E-state index >= 15 is 0 Å². The Hall–Kier alpha value is -5.73. The number of thiophene rings is 1. The first kappa shape index (κ1) is 36.6. The number of rotatable bonds is 6. The number of aromatic nitrogens is 3. The summed E-state index contributed by atoms with van der Waals surface area (Å²) in [5, 5.41) is 11.1. The van der Waals surface area contributed by atoms with Gasteiger partial charge in [-0.25, -0.2) is 9.78 Å². The third-order valence-electron chi connectivity index (χ3n) is 12.7. The molecule has 0 bridgehead atoms. The van der Waals surface area contributed by atoms with Crippen LogP contribution in [0.4, 0.5) is 17.1 Å². The lowest BCUT2D eigenvalue weighted by Crippen LogP contribution is -2.49. The smallest absolute Gasteiger partial charge is 0.329 e. The van der Waals surface area contributed by atoms with Gasteiger partial charge in [0.05, 0.1) is 33.6 Å². The zero-order chi connectivity index (χ0) is 39.7. The number of carbonyl (C=O) groups excluding carboxylic acids is 3. The molecule has 4 aliphatic heterocycles. The van der Waals surface area contributed by atoms with Crippen molar-refractivity contribution in [3.05, 3.63) is 82.1 Å². The molecule has 13 nitrogen and oxygen atoms in total. The van der Waals surface area contributed by atoms with E-state index in [1.54, 1.807) is 16.2 Å². The third-order valence-corrected chi connectivity index (χ3v) is 13.8. The van der Waals surface area contributed by atoms with E-state index < -0.39 is 11.9 Å². The number of anilines is 3. The van der Waals surface area contributed by atoms with E-state index in [4.69, 9.17) is 4.98 Å². The minimum Gasteiger partial charge on any atom is -0.381 e. The minimum absolute atomic E-state index is 0.0186. The first-order valence-electron chi connectivity index (χ1n) is 20.5. The number of benzene rings is 3. The molecule has 3 fully saturated rings. The minimum atomic E-state index is -0.687. The van der Waals surface area contributed by atoms with Gasteiger partial charge in [-0.05, 0) is 80.6 Å². The fourth-order valence-corrected chi connectivity index (χ4v) is 10.6. The number of amides is 3. The molecule has 3 saturated heterocycles. The van der Waals surface area contributed by atoms with Crippen LogP contribution in [0.2, 0.25) is 0 Å². The number of hydrogen-bond donors (Lipinski definition) is 3. The van der Waals surface area contributed by atoms with Crippen LogP contribution in [0.15, 0.2) is 71.5 Å². The molecular formula is C44H47N9O4S. The van der Waals surface area contributed by atoms with Crippen LogP contribution in [0.5, 0.6) is 0 Å². The highest BCUT2D eigenvalue weighted by Gasteiger charge is 2.33. The lowest BCUT2D eigenvalue weighted by atomic mass is 9.95. The fraction of sp³-hybridized carbons (Fsp3) is 0.386. The topological polar surface area (TPSA) is 137 Å². The number of fused-ring (bicyclic) bond motifs is 6. The normalized spacial score (nSPS) is 21.0. The van der Waals surface area contributed by atoms with E-state index in [0.29, 0.717) is 18.9 Å². The van der Waals surface area contributed by atoms with E-state index in [0.717, 1.165) is 118 Å². The maximum atomic E-state index is 13.5. The molecule has 6 aromatic rings. The number of nitrogens with zero attached hydrogens (tertiary/aromatic N) is 6. The first-order valence-corrected chi connectivity index (χ1v) is 21.3. The summed E-state index contributed by atoms with van der Waals surface area (Å²) in [6.07, 6.45) is 2.71. The van der Waals surface area contributed by atoms with E-state index in [9.17, 15) is 19.2 Å². The van der Waals surface area contributed by atoms with Crippen LogP contribution in [0.3, 0.4) is 0 Å². The molecule has 3 aromatic carbocycles. The van der Waals surface area contributed by atoms with Gasteiger partial charge in [-0.2, -0.15) is 0 Å².